The molecule has 0 unspecified atom stereocenters. The van der Waals surface area contributed by atoms with Crippen LogP contribution in [0.1, 0.15) is 24.2 Å². The highest BCUT2D eigenvalue weighted by Crippen LogP contribution is 2.31. The van der Waals surface area contributed by atoms with Gasteiger partial charge in [-0.1, -0.05) is 12.1 Å². The number of nitrogens with one attached hydrogen (secondary N) is 2. The van der Waals surface area contributed by atoms with Crippen molar-refractivity contribution in [3.63, 3.8) is 0 Å². The van der Waals surface area contributed by atoms with Gasteiger partial charge in [-0.15, -0.1) is 0 Å². The molecular formula is C15H17N7O5. The highest BCUT2D eigenvalue weighted by Gasteiger charge is 2.27. The van der Waals surface area contributed by atoms with E-state index in [2.05, 4.69) is 20.8 Å². The molecule has 142 valence electrons. The number of anilines is 2. The molecule has 0 aliphatic rings. The molecule has 1 amide bonds. The molecule has 1 aromatic heterocycles. The third-order valence-corrected chi connectivity index (χ3v) is 3.69. The van der Waals surface area contributed by atoms with Crippen molar-refractivity contribution in [3.8, 4) is 0 Å². The summed E-state index contributed by atoms with van der Waals surface area (Å²) >= 11 is 0. The first-order valence-electron chi connectivity index (χ1n) is 7.94. The zero-order chi connectivity index (χ0) is 20.0. The number of rotatable bonds is 8. The first-order chi connectivity index (χ1) is 12.9. The van der Waals surface area contributed by atoms with Crippen LogP contribution in [0.3, 0.4) is 0 Å². The van der Waals surface area contributed by atoms with Crippen molar-refractivity contribution in [2.75, 3.05) is 23.4 Å². The van der Waals surface area contributed by atoms with Crippen LogP contribution in [-0.4, -0.2) is 38.8 Å². The molecular weight excluding hydrogens is 358 g/mol. The van der Waals surface area contributed by atoms with Crippen LogP contribution in [-0.2, 0) is 0 Å². The number of nitro groups is 2. The fraction of sp³-hybridized carbons (Fsp3) is 0.267. The molecule has 0 spiro atoms. The van der Waals surface area contributed by atoms with Gasteiger partial charge in [0.25, 0.3) is 11.6 Å². The van der Waals surface area contributed by atoms with E-state index in [0.717, 1.165) is 6.33 Å². The van der Waals surface area contributed by atoms with E-state index < -0.39 is 27.1 Å². The Morgan fingerprint density at radius 3 is 2.37 bits per heavy atom. The second kappa shape index (κ2) is 8.51. The van der Waals surface area contributed by atoms with Gasteiger partial charge in [0.2, 0.25) is 11.6 Å². The van der Waals surface area contributed by atoms with Crippen molar-refractivity contribution in [2.24, 2.45) is 0 Å². The fourth-order valence-electron chi connectivity index (χ4n) is 2.39. The van der Waals surface area contributed by atoms with Gasteiger partial charge in [0.15, 0.2) is 0 Å². The number of nitro benzene ring substituents is 1. The largest absolute Gasteiger partial charge is 0.355 e. The molecule has 1 heterocycles. The lowest BCUT2D eigenvalue weighted by molar-refractivity contribution is -0.385. The molecule has 0 saturated carbocycles. The third-order valence-electron chi connectivity index (χ3n) is 3.69. The molecule has 0 aliphatic carbocycles. The molecule has 0 radical (unpaired) electrons. The summed E-state index contributed by atoms with van der Waals surface area (Å²) < 4.78 is 0. The lowest BCUT2D eigenvalue weighted by atomic mass is 10.2. The van der Waals surface area contributed by atoms with Crippen LogP contribution in [0.5, 0.6) is 0 Å². The van der Waals surface area contributed by atoms with Crippen molar-refractivity contribution in [1.29, 1.82) is 0 Å². The molecule has 2 rings (SSSR count). The average molecular weight is 375 g/mol. The second-order valence-corrected chi connectivity index (χ2v) is 5.18. The lowest BCUT2D eigenvalue weighted by Crippen LogP contribution is -2.31. The maximum absolute atomic E-state index is 12.3. The van der Waals surface area contributed by atoms with Gasteiger partial charge in [-0.3, -0.25) is 35.9 Å². The minimum Gasteiger partial charge on any atom is -0.351 e. The summed E-state index contributed by atoms with van der Waals surface area (Å²) in [6.45, 7) is 4.60. The molecule has 1 aromatic carbocycles. The van der Waals surface area contributed by atoms with Crippen LogP contribution in [0.25, 0.3) is 0 Å². The van der Waals surface area contributed by atoms with Crippen LogP contribution in [0.15, 0.2) is 30.6 Å². The van der Waals surface area contributed by atoms with Crippen molar-refractivity contribution in [2.45, 2.75) is 13.8 Å². The summed E-state index contributed by atoms with van der Waals surface area (Å²) in [5.74, 6) is -0.967. The molecule has 0 aliphatic heterocycles. The summed E-state index contributed by atoms with van der Waals surface area (Å²) in [6, 6.07) is 5.34. The highest BCUT2D eigenvalue weighted by molar-refractivity contribution is 5.98. The van der Waals surface area contributed by atoms with E-state index in [9.17, 15) is 25.0 Å². The van der Waals surface area contributed by atoms with Gasteiger partial charge in [-0.25, -0.2) is 9.97 Å². The maximum Gasteiger partial charge on any atom is 0.355 e. The number of amides is 1. The Bertz CT molecular complexity index is 869. The number of carbonyl (C=O) groups is 1. The molecule has 0 atom stereocenters. The molecule has 27 heavy (non-hydrogen) atoms. The monoisotopic (exact) mass is 375 g/mol. The normalized spacial score (nSPS) is 10.1. The predicted molar refractivity (Wildman–Crippen MR) is 96.4 cm³/mol. The molecule has 12 heteroatoms. The van der Waals surface area contributed by atoms with Crippen LogP contribution in [0, 0.1) is 20.2 Å². The minimum atomic E-state index is -0.834. The molecule has 0 saturated heterocycles. The quantitative estimate of drug-likeness (QED) is 0.519. The van der Waals surface area contributed by atoms with E-state index >= 15 is 0 Å². The Hall–Kier alpha value is -3.83. The van der Waals surface area contributed by atoms with Crippen LogP contribution in [0.4, 0.5) is 23.0 Å². The standard InChI is InChI=1S/C15H17N7O5/c1-3-20(4-2)14-12(22(26)27)13(16-9-17-14)18-19-15(23)10-7-5-6-8-11(10)21(24)25/h5-9H,3-4H2,1-2H3,(H,19,23)(H,16,17,18). The van der Waals surface area contributed by atoms with E-state index in [1.54, 1.807) is 4.90 Å². The Morgan fingerprint density at radius 1 is 1.11 bits per heavy atom. The summed E-state index contributed by atoms with van der Waals surface area (Å²) in [6.07, 6.45) is 1.13. The summed E-state index contributed by atoms with van der Waals surface area (Å²) in [5, 5.41) is 22.5. The summed E-state index contributed by atoms with van der Waals surface area (Å²) in [4.78, 5) is 42.8. The zero-order valence-corrected chi connectivity index (χ0v) is 14.6. The van der Waals surface area contributed by atoms with Gasteiger partial charge in [0.05, 0.1) is 9.85 Å². The average Bonchev–Trinajstić information content (AvgIpc) is 2.66. The molecule has 2 aromatic rings. The highest BCUT2D eigenvalue weighted by atomic mass is 16.6. The molecule has 0 fully saturated rings. The first-order valence-corrected chi connectivity index (χ1v) is 7.94. The van der Waals surface area contributed by atoms with Crippen molar-refractivity contribution >= 4 is 28.9 Å². The predicted octanol–water partition coefficient (Wildman–Crippen LogP) is 1.90. The Labute approximate surface area is 153 Å². The molecule has 2 N–H and O–H groups in total. The molecule has 12 nitrogen and oxygen atoms in total. The van der Waals surface area contributed by atoms with Crippen molar-refractivity contribution < 1.29 is 14.6 Å². The van der Waals surface area contributed by atoms with Crippen LogP contribution < -0.4 is 15.8 Å². The topological polar surface area (TPSA) is 156 Å². The number of hydrogen-bond acceptors (Lipinski definition) is 9. The SMILES string of the molecule is CCN(CC)c1ncnc(NNC(=O)c2ccccc2[N+](=O)[O-])c1[N+](=O)[O-]. The summed E-state index contributed by atoms with van der Waals surface area (Å²) in [7, 11) is 0. The van der Waals surface area contributed by atoms with Crippen molar-refractivity contribution in [1.82, 2.24) is 15.4 Å². The fourth-order valence-corrected chi connectivity index (χ4v) is 2.39. The van der Waals surface area contributed by atoms with E-state index in [4.69, 9.17) is 0 Å². The van der Waals surface area contributed by atoms with E-state index in [0.29, 0.717) is 13.1 Å². The smallest absolute Gasteiger partial charge is 0.351 e. The number of nitrogens with zero attached hydrogens (tertiary/aromatic N) is 5. The summed E-state index contributed by atoms with van der Waals surface area (Å²) in [5.41, 5.74) is 3.56. The second-order valence-electron chi connectivity index (χ2n) is 5.18. The lowest BCUT2D eigenvalue weighted by Gasteiger charge is -2.20. The van der Waals surface area contributed by atoms with E-state index in [-0.39, 0.29) is 17.2 Å². The van der Waals surface area contributed by atoms with Gasteiger partial charge in [0, 0.05) is 19.2 Å². The number of aromatic nitrogens is 2. The minimum absolute atomic E-state index is 0.0995. The Morgan fingerprint density at radius 2 is 1.78 bits per heavy atom. The van der Waals surface area contributed by atoms with Gasteiger partial charge < -0.3 is 4.90 Å². The number of para-hydroxylation sites is 1. The van der Waals surface area contributed by atoms with Gasteiger partial charge in [0.1, 0.15) is 11.9 Å². The number of hydrogen-bond donors (Lipinski definition) is 2. The number of hydrazine groups is 1. The number of carbonyl (C=O) groups excluding carboxylic acids is 1. The van der Waals surface area contributed by atoms with Gasteiger partial charge >= 0.3 is 5.69 Å². The number of benzene rings is 1. The molecule has 0 bridgehead atoms. The first kappa shape index (κ1) is 19.5. The third kappa shape index (κ3) is 4.23. The van der Waals surface area contributed by atoms with Gasteiger partial charge in [-0.2, -0.15) is 0 Å². The van der Waals surface area contributed by atoms with E-state index in [1.807, 2.05) is 13.8 Å². The van der Waals surface area contributed by atoms with Crippen molar-refractivity contribution in [3.05, 3.63) is 56.4 Å². The zero-order valence-electron chi connectivity index (χ0n) is 14.6. The van der Waals surface area contributed by atoms with Crippen LogP contribution in [0.2, 0.25) is 0 Å². The Balaban J connectivity index is 2.31. The van der Waals surface area contributed by atoms with Gasteiger partial charge in [-0.05, 0) is 19.9 Å². The van der Waals surface area contributed by atoms with Crippen LogP contribution >= 0.6 is 0 Å². The Kier molecular flexibility index (Phi) is 6.14. The maximum atomic E-state index is 12.3. The van der Waals surface area contributed by atoms with E-state index in [1.165, 1.54) is 24.3 Å².